The van der Waals surface area contributed by atoms with E-state index in [4.69, 9.17) is 0 Å². The number of para-hydroxylation sites is 2. The van der Waals surface area contributed by atoms with Gasteiger partial charge in [-0.05, 0) is 36.6 Å². The largest absolute Gasteiger partial charge is 0.418 e. The van der Waals surface area contributed by atoms with Crippen molar-refractivity contribution in [3.63, 3.8) is 0 Å². The van der Waals surface area contributed by atoms with Gasteiger partial charge in [-0.25, -0.2) is 0 Å². The van der Waals surface area contributed by atoms with Crippen LogP contribution in [0.25, 0.3) is 0 Å². The molecule has 1 amide bonds. The van der Waals surface area contributed by atoms with Crippen LogP contribution in [-0.4, -0.2) is 19.0 Å². The smallest absolute Gasteiger partial charge is 0.384 e. The lowest BCUT2D eigenvalue weighted by Gasteiger charge is -2.29. The highest BCUT2D eigenvalue weighted by Gasteiger charge is 2.33. The van der Waals surface area contributed by atoms with Gasteiger partial charge in [-0.3, -0.25) is 4.79 Å². The summed E-state index contributed by atoms with van der Waals surface area (Å²) in [5.41, 5.74) is 1.33. The third-order valence-electron chi connectivity index (χ3n) is 4.30. The summed E-state index contributed by atoms with van der Waals surface area (Å²) in [5, 5.41) is 2.75. The summed E-state index contributed by atoms with van der Waals surface area (Å²) < 4.78 is 38.9. The molecule has 0 spiro atoms. The number of carbonyl (C=O) groups is 1. The topological polar surface area (TPSA) is 32.3 Å². The monoisotopic (exact) mass is 348 g/mol. The SMILES string of the molecule is O=C(CCNc1ccccc1C(F)(F)F)N1CCCc2ccccc21. The minimum absolute atomic E-state index is 0.00171. The van der Waals surface area contributed by atoms with Crippen molar-refractivity contribution in [1.29, 1.82) is 0 Å². The van der Waals surface area contributed by atoms with Crippen LogP contribution in [0.15, 0.2) is 48.5 Å². The van der Waals surface area contributed by atoms with E-state index in [1.54, 1.807) is 11.0 Å². The molecule has 0 aromatic heterocycles. The summed E-state index contributed by atoms with van der Waals surface area (Å²) >= 11 is 0. The van der Waals surface area contributed by atoms with Crippen molar-refractivity contribution in [2.24, 2.45) is 0 Å². The van der Waals surface area contributed by atoms with Crippen LogP contribution in [0.3, 0.4) is 0 Å². The van der Waals surface area contributed by atoms with Crippen LogP contribution >= 0.6 is 0 Å². The van der Waals surface area contributed by atoms with Crippen LogP contribution in [0.1, 0.15) is 24.0 Å². The van der Waals surface area contributed by atoms with E-state index in [2.05, 4.69) is 5.32 Å². The minimum Gasteiger partial charge on any atom is -0.384 e. The molecule has 0 atom stereocenters. The van der Waals surface area contributed by atoms with Crippen molar-refractivity contribution in [3.05, 3.63) is 59.7 Å². The molecule has 0 radical (unpaired) electrons. The zero-order valence-corrected chi connectivity index (χ0v) is 13.6. The van der Waals surface area contributed by atoms with Gasteiger partial charge in [-0.2, -0.15) is 13.2 Å². The molecule has 2 aromatic rings. The van der Waals surface area contributed by atoms with Crippen LogP contribution in [0, 0.1) is 0 Å². The van der Waals surface area contributed by atoms with Crippen molar-refractivity contribution in [2.45, 2.75) is 25.4 Å². The van der Waals surface area contributed by atoms with Crippen LogP contribution in [0.4, 0.5) is 24.5 Å². The molecule has 2 aromatic carbocycles. The molecule has 3 rings (SSSR count). The van der Waals surface area contributed by atoms with Crippen molar-refractivity contribution in [1.82, 2.24) is 0 Å². The van der Waals surface area contributed by atoms with Gasteiger partial charge in [0.1, 0.15) is 0 Å². The number of nitrogens with one attached hydrogen (secondary N) is 1. The van der Waals surface area contributed by atoms with Gasteiger partial charge < -0.3 is 10.2 Å². The number of hydrogen-bond donors (Lipinski definition) is 1. The number of aryl methyl sites for hydroxylation is 1. The molecule has 0 saturated heterocycles. The summed E-state index contributed by atoms with van der Waals surface area (Å²) in [6, 6.07) is 13.1. The standard InChI is InChI=1S/C19H19F3N2O/c20-19(21,22)15-8-2-3-9-16(15)23-12-11-18(25)24-13-5-7-14-6-1-4-10-17(14)24/h1-4,6,8-10,23H,5,7,11-13H2. The van der Waals surface area contributed by atoms with Gasteiger partial charge in [0.05, 0.1) is 5.56 Å². The summed E-state index contributed by atoms with van der Waals surface area (Å²) in [7, 11) is 0. The zero-order valence-electron chi connectivity index (χ0n) is 13.6. The second-order valence-corrected chi connectivity index (χ2v) is 6.00. The lowest BCUT2D eigenvalue weighted by molar-refractivity contribution is -0.137. The number of alkyl halides is 3. The van der Waals surface area contributed by atoms with E-state index in [0.29, 0.717) is 6.54 Å². The van der Waals surface area contributed by atoms with Crippen molar-refractivity contribution in [3.8, 4) is 0 Å². The molecule has 0 aliphatic carbocycles. The molecule has 1 aliphatic heterocycles. The molecule has 0 fully saturated rings. The van der Waals surface area contributed by atoms with E-state index in [-0.39, 0.29) is 24.6 Å². The maximum absolute atomic E-state index is 13.0. The summed E-state index contributed by atoms with van der Waals surface area (Å²) in [6.45, 7) is 0.805. The number of benzene rings is 2. The Morgan fingerprint density at radius 1 is 1.08 bits per heavy atom. The summed E-state index contributed by atoms with van der Waals surface area (Å²) in [4.78, 5) is 14.2. The fraction of sp³-hybridized carbons (Fsp3) is 0.316. The number of rotatable bonds is 4. The minimum atomic E-state index is -4.42. The van der Waals surface area contributed by atoms with Crippen molar-refractivity contribution in [2.75, 3.05) is 23.3 Å². The van der Waals surface area contributed by atoms with Gasteiger partial charge in [0.15, 0.2) is 0 Å². The second-order valence-electron chi connectivity index (χ2n) is 6.00. The Bertz CT molecular complexity index is 758. The van der Waals surface area contributed by atoms with Crippen LogP contribution in [0.2, 0.25) is 0 Å². The Kier molecular flexibility index (Phi) is 4.97. The van der Waals surface area contributed by atoms with Gasteiger partial charge in [0.2, 0.25) is 5.91 Å². The second kappa shape index (κ2) is 7.17. The van der Waals surface area contributed by atoms with E-state index in [0.717, 1.165) is 30.2 Å². The van der Waals surface area contributed by atoms with Crippen molar-refractivity contribution >= 4 is 17.3 Å². The average Bonchev–Trinajstić information content (AvgIpc) is 2.60. The number of carbonyl (C=O) groups excluding carboxylic acids is 1. The number of fused-ring (bicyclic) bond motifs is 1. The predicted molar refractivity (Wildman–Crippen MR) is 91.7 cm³/mol. The normalized spacial score (nSPS) is 14.1. The lowest BCUT2D eigenvalue weighted by atomic mass is 10.0. The summed E-state index contributed by atoms with van der Waals surface area (Å²) in [6.07, 6.45) is -2.44. The molecule has 1 N–H and O–H groups in total. The highest BCUT2D eigenvalue weighted by atomic mass is 19.4. The van der Waals surface area contributed by atoms with E-state index >= 15 is 0 Å². The molecule has 0 bridgehead atoms. The molecular weight excluding hydrogens is 329 g/mol. The number of nitrogens with zero attached hydrogens (tertiary/aromatic N) is 1. The van der Waals surface area contributed by atoms with Gasteiger partial charge >= 0.3 is 6.18 Å². The molecule has 0 unspecified atom stereocenters. The lowest BCUT2D eigenvalue weighted by Crippen LogP contribution is -2.36. The average molecular weight is 348 g/mol. The highest BCUT2D eigenvalue weighted by molar-refractivity contribution is 5.94. The van der Waals surface area contributed by atoms with Gasteiger partial charge in [-0.1, -0.05) is 30.3 Å². The predicted octanol–water partition coefficient (Wildman–Crippen LogP) is 4.49. The number of amides is 1. The van der Waals surface area contributed by atoms with E-state index in [1.807, 2.05) is 24.3 Å². The Morgan fingerprint density at radius 2 is 1.80 bits per heavy atom. The first-order valence-electron chi connectivity index (χ1n) is 8.25. The van der Waals surface area contributed by atoms with Crippen LogP contribution < -0.4 is 10.2 Å². The third-order valence-corrected chi connectivity index (χ3v) is 4.30. The number of anilines is 2. The third kappa shape index (κ3) is 3.95. The quantitative estimate of drug-likeness (QED) is 0.883. The van der Waals surface area contributed by atoms with Gasteiger partial charge in [0.25, 0.3) is 0 Å². The fourth-order valence-corrected chi connectivity index (χ4v) is 3.12. The first kappa shape index (κ1) is 17.3. The first-order chi connectivity index (χ1) is 12.0. The molecule has 6 heteroatoms. The zero-order chi connectivity index (χ0) is 17.9. The molecule has 1 aliphatic rings. The summed E-state index contributed by atoms with van der Waals surface area (Å²) in [5.74, 6) is -0.0795. The van der Waals surface area contributed by atoms with Gasteiger partial charge in [-0.15, -0.1) is 0 Å². The Labute approximate surface area is 144 Å². The maximum Gasteiger partial charge on any atom is 0.418 e. The molecular formula is C19H19F3N2O. The van der Waals surface area contributed by atoms with Gasteiger partial charge in [0, 0.05) is 30.9 Å². The Hall–Kier alpha value is -2.50. The Balaban J connectivity index is 1.63. The maximum atomic E-state index is 13.0. The highest BCUT2D eigenvalue weighted by Crippen LogP contribution is 2.34. The van der Waals surface area contributed by atoms with E-state index in [9.17, 15) is 18.0 Å². The van der Waals surface area contributed by atoms with Crippen LogP contribution in [0.5, 0.6) is 0 Å². The van der Waals surface area contributed by atoms with E-state index in [1.165, 1.54) is 12.1 Å². The van der Waals surface area contributed by atoms with Crippen molar-refractivity contribution < 1.29 is 18.0 Å². The molecule has 3 nitrogen and oxygen atoms in total. The van der Waals surface area contributed by atoms with E-state index < -0.39 is 11.7 Å². The number of halogens is 3. The first-order valence-corrected chi connectivity index (χ1v) is 8.25. The number of hydrogen-bond acceptors (Lipinski definition) is 2. The molecule has 25 heavy (non-hydrogen) atoms. The Morgan fingerprint density at radius 3 is 2.60 bits per heavy atom. The fourth-order valence-electron chi connectivity index (χ4n) is 3.12. The van der Waals surface area contributed by atoms with Crippen LogP contribution in [-0.2, 0) is 17.4 Å². The molecule has 0 saturated carbocycles. The molecule has 1 heterocycles. The molecule has 132 valence electrons.